The van der Waals surface area contributed by atoms with Crippen molar-refractivity contribution in [2.75, 3.05) is 40.9 Å². The number of nitrogens with one attached hydrogen (secondary N) is 1. The van der Waals surface area contributed by atoms with Gasteiger partial charge in [0.25, 0.3) is 0 Å². The molecule has 0 aromatic carbocycles. The van der Waals surface area contributed by atoms with Crippen molar-refractivity contribution in [3.8, 4) is 0 Å². The lowest BCUT2D eigenvalue weighted by Gasteiger charge is -2.25. The second kappa shape index (κ2) is 28.5. The summed E-state index contributed by atoms with van der Waals surface area (Å²) < 4.78 is 23.4. The van der Waals surface area contributed by atoms with Crippen molar-refractivity contribution in [1.29, 1.82) is 0 Å². The number of amides is 1. The van der Waals surface area contributed by atoms with Gasteiger partial charge in [0.15, 0.2) is 0 Å². The molecule has 44 heavy (non-hydrogen) atoms. The third-order valence-electron chi connectivity index (χ3n) is 8.01. The summed E-state index contributed by atoms with van der Waals surface area (Å²) in [6.45, 7) is 4.77. The van der Waals surface area contributed by atoms with E-state index >= 15 is 0 Å². The van der Waals surface area contributed by atoms with E-state index in [0.717, 1.165) is 38.5 Å². The SMILES string of the molecule is CCCCCCCCCC/C=C/[C@@H](O)[C@H](COP(=O)(O)OCC[N+](C)(C)C)NC(=O)CCCCCCCCCCCCCC. The predicted octanol–water partition coefficient (Wildman–Crippen LogP) is 8.85. The van der Waals surface area contributed by atoms with Gasteiger partial charge in [0.2, 0.25) is 5.91 Å². The van der Waals surface area contributed by atoms with Crippen LogP contribution in [0, 0.1) is 0 Å². The van der Waals surface area contributed by atoms with Crippen LogP contribution in [0.2, 0.25) is 0 Å². The molecular weight excluding hydrogens is 575 g/mol. The molecule has 9 heteroatoms. The lowest BCUT2D eigenvalue weighted by atomic mass is 10.0. The van der Waals surface area contributed by atoms with E-state index in [1.165, 1.54) is 96.3 Å². The number of carbonyl (C=O) groups excluding carboxylic acids is 1. The van der Waals surface area contributed by atoms with Gasteiger partial charge >= 0.3 is 7.82 Å². The van der Waals surface area contributed by atoms with Crippen LogP contribution in [0.15, 0.2) is 12.2 Å². The molecule has 1 unspecified atom stereocenters. The van der Waals surface area contributed by atoms with Crippen molar-refractivity contribution in [2.24, 2.45) is 0 Å². The van der Waals surface area contributed by atoms with Crippen LogP contribution in [0.4, 0.5) is 0 Å². The molecule has 0 aliphatic carbocycles. The number of hydrogen-bond acceptors (Lipinski definition) is 5. The number of unbranched alkanes of at least 4 members (excludes halogenated alkanes) is 19. The van der Waals surface area contributed by atoms with E-state index < -0.39 is 20.0 Å². The minimum atomic E-state index is -4.32. The molecule has 3 N–H and O–H groups in total. The average Bonchev–Trinajstić information content (AvgIpc) is 2.95. The summed E-state index contributed by atoms with van der Waals surface area (Å²) in [6.07, 6.45) is 28.4. The molecule has 0 aromatic heterocycles. The summed E-state index contributed by atoms with van der Waals surface area (Å²) >= 11 is 0. The maximum atomic E-state index is 12.7. The number of phosphoric acid groups is 1. The number of allylic oxidation sites excluding steroid dienone is 1. The van der Waals surface area contributed by atoms with Gasteiger partial charge in [0.05, 0.1) is 39.9 Å². The second-order valence-corrected chi connectivity index (χ2v) is 15.1. The Balaban J connectivity index is 4.56. The third-order valence-corrected chi connectivity index (χ3v) is 8.99. The van der Waals surface area contributed by atoms with Crippen molar-refractivity contribution < 1.29 is 32.9 Å². The highest BCUT2D eigenvalue weighted by molar-refractivity contribution is 7.47. The number of nitrogens with zero attached hydrogens (tertiary/aromatic N) is 1. The Morgan fingerprint density at radius 1 is 0.750 bits per heavy atom. The first-order valence-electron chi connectivity index (χ1n) is 18.1. The third kappa shape index (κ3) is 29.9. The van der Waals surface area contributed by atoms with E-state index in [0.29, 0.717) is 17.4 Å². The molecule has 3 atom stereocenters. The zero-order valence-electron chi connectivity index (χ0n) is 29.4. The molecule has 0 aliphatic heterocycles. The van der Waals surface area contributed by atoms with Crippen LogP contribution in [0.5, 0.6) is 0 Å². The second-order valence-electron chi connectivity index (χ2n) is 13.6. The van der Waals surface area contributed by atoms with Gasteiger partial charge in [-0.2, -0.15) is 0 Å². The molecular formula is C35H72N2O6P+. The standard InChI is InChI=1S/C35H71N2O6P/c1-6-8-10-12-14-16-18-19-21-23-25-27-29-35(39)36-33(32-43-44(40,41)42-31-30-37(3,4)5)34(38)28-26-24-22-20-17-15-13-11-9-7-2/h26,28,33-34,38H,6-25,27,29-32H2,1-5H3,(H-,36,39,40,41)/p+1/b28-26+/t33-,34+/m0/s1. The van der Waals surface area contributed by atoms with E-state index in [1.807, 2.05) is 27.2 Å². The molecule has 0 bridgehead atoms. The molecule has 0 saturated carbocycles. The number of hydrogen-bond donors (Lipinski definition) is 3. The molecule has 0 aromatic rings. The predicted molar refractivity (Wildman–Crippen MR) is 185 cm³/mol. The van der Waals surface area contributed by atoms with Crippen LogP contribution in [0.25, 0.3) is 0 Å². The van der Waals surface area contributed by atoms with Gasteiger partial charge in [-0.1, -0.05) is 142 Å². The van der Waals surface area contributed by atoms with E-state index in [9.17, 15) is 19.4 Å². The fourth-order valence-electron chi connectivity index (χ4n) is 5.04. The summed E-state index contributed by atoms with van der Waals surface area (Å²) in [5.41, 5.74) is 0. The molecule has 0 spiro atoms. The number of quaternary nitrogens is 1. The molecule has 0 saturated heterocycles. The van der Waals surface area contributed by atoms with E-state index in [-0.39, 0.29) is 19.1 Å². The van der Waals surface area contributed by atoms with Crippen LogP contribution < -0.4 is 5.32 Å². The van der Waals surface area contributed by atoms with Crippen molar-refractivity contribution >= 4 is 13.7 Å². The van der Waals surface area contributed by atoms with Crippen LogP contribution >= 0.6 is 7.82 Å². The zero-order chi connectivity index (χ0) is 32.9. The molecule has 0 aliphatic rings. The number of likely N-dealkylation sites (N-methyl/N-ethyl adjacent to an activating group) is 1. The first-order chi connectivity index (χ1) is 21.0. The summed E-state index contributed by atoms with van der Waals surface area (Å²) in [5, 5.41) is 13.7. The maximum absolute atomic E-state index is 12.7. The highest BCUT2D eigenvalue weighted by atomic mass is 31.2. The summed E-state index contributed by atoms with van der Waals surface area (Å²) in [6, 6.07) is -0.836. The lowest BCUT2D eigenvalue weighted by molar-refractivity contribution is -0.870. The summed E-state index contributed by atoms with van der Waals surface area (Å²) in [5.74, 6) is -0.181. The van der Waals surface area contributed by atoms with Gasteiger partial charge in [0, 0.05) is 6.42 Å². The van der Waals surface area contributed by atoms with Crippen molar-refractivity contribution in [2.45, 2.75) is 167 Å². The number of phosphoric ester groups is 1. The smallest absolute Gasteiger partial charge is 0.387 e. The molecule has 1 amide bonds. The topological polar surface area (TPSA) is 105 Å². The fraction of sp³-hybridized carbons (Fsp3) is 0.914. The first-order valence-corrected chi connectivity index (χ1v) is 19.6. The Labute approximate surface area is 272 Å². The quantitative estimate of drug-likeness (QED) is 0.0292. The van der Waals surface area contributed by atoms with Crippen LogP contribution in [-0.2, 0) is 18.4 Å². The number of aliphatic hydroxyl groups excluding tert-OH is 1. The minimum absolute atomic E-state index is 0.0638. The largest absolute Gasteiger partial charge is 0.472 e. The van der Waals surface area contributed by atoms with Gasteiger partial charge in [-0.3, -0.25) is 13.8 Å². The van der Waals surface area contributed by atoms with Crippen molar-refractivity contribution in [3.05, 3.63) is 12.2 Å². The summed E-state index contributed by atoms with van der Waals surface area (Å²) in [7, 11) is 1.57. The Kier molecular flexibility index (Phi) is 28.0. The highest BCUT2D eigenvalue weighted by Crippen LogP contribution is 2.43. The Morgan fingerprint density at radius 3 is 1.68 bits per heavy atom. The van der Waals surface area contributed by atoms with Crippen LogP contribution in [0.1, 0.15) is 155 Å². The van der Waals surface area contributed by atoms with Crippen LogP contribution in [0.3, 0.4) is 0 Å². The zero-order valence-corrected chi connectivity index (χ0v) is 30.3. The number of aliphatic hydroxyl groups is 1. The van der Waals surface area contributed by atoms with Gasteiger partial charge in [-0.05, 0) is 19.3 Å². The lowest BCUT2D eigenvalue weighted by Crippen LogP contribution is -2.45. The fourth-order valence-corrected chi connectivity index (χ4v) is 5.77. The van der Waals surface area contributed by atoms with Gasteiger partial charge in [-0.15, -0.1) is 0 Å². The monoisotopic (exact) mass is 648 g/mol. The minimum Gasteiger partial charge on any atom is -0.387 e. The van der Waals surface area contributed by atoms with E-state index in [4.69, 9.17) is 9.05 Å². The first kappa shape index (κ1) is 43.2. The highest BCUT2D eigenvalue weighted by Gasteiger charge is 2.27. The maximum Gasteiger partial charge on any atom is 0.472 e. The van der Waals surface area contributed by atoms with Gasteiger partial charge in [0.1, 0.15) is 13.2 Å². The number of rotatable bonds is 32. The van der Waals surface area contributed by atoms with Gasteiger partial charge < -0.3 is 19.8 Å². The normalized spacial score (nSPS) is 15.0. The molecule has 8 nitrogen and oxygen atoms in total. The van der Waals surface area contributed by atoms with Crippen molar-refractivity contribution in [3.63, 3.8) is 0 Å². The molecule has 262 valence electrons. The Bertz CT molecular complexity index is 743. The molecule has 0 fully saturated rings. The molecule has 0 rings (SSSR count). The number of carbonyl (C=O) groups is 1. The molecule has 0 heterocycles. The average molecular weight is 648 g/mol. The Morgan fingerprint density at radius 2 is 1.20 bits per heavy atom. The van der Waals surface area contributed by atoms with Gasteiger partial charge in [-0.25, -0.2) is 4.57 Å². The molecule has 0 radical (unpaired) electrons. The van der Waals surface area contributed by atoms with E-state index in [1.54, 1.807) is 6.08 Å². The van der Waals surface area contributed by atoms with Crippen LogP contribution in [-0.4, -0.2) is 73.4 Å². The van der Waals surface area contributed by atoms with Crippen molar-refractivity contribution in [1.82, 2.24) is 5.32 Å². The Hall–Kier alpha value is -0.760. The summed E-state index contributed by atoms with van der Waals surface area (Å²) in [4.78, 5) is 22.9. The van der Waals surface area contributed by atoms with E-state index in [2.05, 4.69) is 19.2 Å².